The van der Waals surface area contributed by atoms with Crippen molar-refractivity contribution >= 4 is 5.65 Å². The summed E-state index contributed by atoms with van der Waals surface area (Å²) < 4.78 is 1.66. The minimum atomic E-state index is 0.195. The van der Waals surface area contributed by atoms with Gasteiger partial charge in [0.15, 0.2) is 17.2 Å². The van der Waals surface area contributed by atoms with Crippen LogP contribution in [0.25, 0.3) is 5.65 Å². The summed E-state index contributed by atoms with van der Waals surface area (Å²) in [6.07, 6.45) is 5.23. The Bertz CT molecular complexity index is 566. The zero-order chi connectivity index (χ0) is 13.2. The van der Waals surface area contributed by atoms with Crippen LogP contribution in [0.5, 0.6) is 5.75 Å². The molecule has 0 aromatic carbocycles. The summed E-state index contributed by atoms with van der Waals surface area (Å²) in [5.41, 5.74) is 0.556. The second kappa shape index (κ2) is 5.17. The molecule has 19 heavy (non-hydrogen) atoms. The molecule has 0 radical (unpaired) electrons. The normalized spacial score (nSPS) is 21.0. The molecule has 0 bridgehead atoms. The van der Waals surface area contributed by atoms with Crippen molar-refractivity contribution in [3.63, 3.8) is 0 Å². The predicted molar refractivity (Wildman–Crippen MR) is 73.2 cm³/mol. The van der Waals surface area contributed by atoms with Gasteiger partial charge in [-0.25, -0.2) is 9.50 Å². The Morgan fingerprint density at radius 1 is 1.47 bits per heavy atom. The first kappa shape index (κ1) is 12.4. The summed E-state index contributed by atoms with van der Waals surface area (Å²) in [7, 11) is 0. The van der Waals surface area contributed by atoms with E-state index < -0.39 is 0 Å². The fraction of sp³-hybridized carbons (Fsp3) is 0.571. The van der Waals surface area contributed by atoms with E-state index in [2.05, 4.69) is 21.9 Å². The summed E-state index contributed by atoms with van der Waals surface area (Å²) in [5.74, 6) is 1.66. The van der Waals surface area contributed by atoms with Gasteiger partial charge in [0.05, 0.1) is 0 Å². The summed E-state index contributed by atoms with van der Waals surface area (Å²) >= 11 is 0. The molecule has 102 valence electrons. The highest BCUT2D eigenvalue weighted by Crippen LogP contribution is 2.21. The van der Waals surface area contributed by atoms with Crippen molar-refractivity contribution in [3.05, 3.63) is 24.2 Å². The van der Waals surface area contributed by atoms with E-state index in [4.69, 9.17) is 0 Å². The maximum atomic E-state index is 9.74. The number of pyridine rings is 1. The number of piperidine rings is 1. The minimum absolute atomic E-state index is 0.195. The molecule has 2 aromatic heterocycles. The topological polar surface area (TPSA) is 53.7 Å². The Kier molecular flexibility index (Phi) is 3.38. The molecule has 5 nitrogen and oxygen atoms in total. The molecule has 1 saturated heterocycles. The van der Waals surface area contributed by atoms with Crippen molar-refractivity contribution in [1.29, 1.82) is 0 Å². The SMILES string of the molecule is CCN1CCCC(Cc2nc3c(O)cccn3n2)C1. The fourth-order valence-electron chi connectivity index (χ4n) is 2.89. The molecule has 1 N–H and O–H groups in total. The molecular weight excluding hydrogens is 240 g/mol. The van der Waals surface area contributed by atoms with E-state index in [1.165, 1.54) is 19.4 Å². The highest BCUT2D eigenvalue weighted by Gasteiger charge is 2.20. The number of nitrogens with zero attached hydrogens (tertiary/aromatic N) is 4. The van der Waals surface area contributed by atoms with Crippen LogP contribution in [0.2, 0.25) is 0 Å². The summed E-state index contributed by atoms with van der Waals surface area (Å²) in [6.45, 7) is 5.68. The maximum Gasteiger partial charge on any atom is 0.197 e. The van der Waals surface area contributed by atoms with Gasteiger partial charge in [-0.3, -0.25) is 0 Å². The Hall–Kier alpha value is -1.62. The third-order valence-electron chi connectivity index (χ3n) is 3.91. The third-order valence-corrected chi connectivity index (χ3v) is 3.91. The first-order chi connectivity index (χ1) is 9.26. The van der Waals surface area contributed by atoms with E-state index in [0.29, 0.717) is 11.6 Å². The van der Waals surface area contributed by atoms with Crippen molar-refractivity contribution in [2.45, 2.75) is 26.2 Å². The maximum absolute atomic E-state index is 9.74. The molecule has 2 aromatic rings. The molecule has 1 unspecified atom stereocenters. The lowest BCUT2D eigenvalue weighted by Gasteiger charge is -2.31. The van der Waals surface area contributed by atoms with E-state index in [1.54, 1.807) is 16.6 Å². The third kappa shape index (κ3) is 2.56. The van der Waals surface area contributed by atoms with Gasteiger partial charge < -0.3 is 10.0 Å². The first-order valence-corrected chi connectivity index (χ1v) is 7.02. The average Bonchev–Trinajstić information content (AvgIpc) is 2.83. The lowest BCUT2D eigenvalue weighted by atomic mass is 9.94. The quantitative estimate of drug-likeness (QED) is 0.913. The van der Waals surface area contributed by atoms with Crippen molar-refractivity contribution in [2.24, 2.45) is 5.92 Å². The molecular formula is C14H20N4O. The van der Waals surface area contributed by atoms with Crippen LogP contribution in [0.1, 0.15) is 25.6 Å². The number of hydrogen-bond acceptors (Lipinski definition) is 4. The molecule has 5 heteroatoms. The van der Waals surface area contributed by atoms with E-state index in [-0.39, 0.29) is 5.75 Å². The van der Waals surface area contributed by atoms with E-state index in [9.17, 15) is 5.11 Å². The Labute approximate surface area is 112 Å². The Morgan fingerprint density at radius 2 is 2.37 bits per heavy atom. The zero-order valence-corrected chi connectivity index (χ0v) is 11.3. The molecule has 1 atom stereocenters. The van der Waals surface area contributed by atoms with Gasteiger partial charge >= 0.3 is 0 Å². The second-order valence-electron chi connectivity index (χ2n) is 5.30. The van der Waals surface area contributed by atoms with Crippen molar-refractivity contribution < 1.29 is 5.11 Å². The first-order valence-electron chi connectivity index (χ1n) is 7.02. The number of fused-ring (bicyclic) bond motifs is 1. The largest absolute Gasteiger partial charge is 0.504 e. The lowest BCUT2D eigenvalue weighted by Crippen LogP contribution is -2.36. The molecule has 3 rings (SSSR count). The summed E-state index contributed by atoms with van der Waals surface area (Å²) in [5, 5.41) is 14.2. The molecule has 1 aliphatic heterocycles. The van der Waals surface area contributed by atoms with Gasteiger partial charge in [-0.2, -0.15) is 5.10 Å². The predicted octanol–water partition coefficient (Wildman–Crippen LogP) is 1.71. The van der Waals surface area contributed by atoms with Gasteiger partial charge in [0.2, 0.25) is 0 Å². The van der Waals surface area contributed by atoms with Gasteiger partial charge in [-0.1, -0.05) is 6.92 Å². The molecule has 0 saturated carbocycles. The molecule has 1 aliphatic rings. The highest BCUT2D eigenvalue weighted by atomic mass is 16.3. The number of aromatic nitrogens is 3. The number of aromatic hydroxyl groups is 1. The number of rotatable bonds is 3. The smallest absolute Gasteiger partial charge is 0.197 e. The van der Waals surface area contributed by atoms with Crippen LogP contribution in [0.15, 0.2) is 18.3 Å². The van der Waals surface area contributed by atoms with E-state index in [1.807, 2.05) is 6.20 Å². The van der Waals surface area contributed by atoms with Crippen molar-refractivity contribution in [2.75, 3.05) is 19.6 Å². The fourth-order valence-corrected chi connectivity index (χ4v) is 2.89. The number of likely N-dealkylation sites (tertiary alicyclic amines) is 1. The van der Waals surface area contributed by atoms with Crippen LogP contribution in [-0.4, -0.2) is 44.2 Å². The standard InChI is InChI=1S/C14H20N4O/c1-2-17-7-3-5-11(10-17)9-13-15-14-12(19)6-4-8-18(14)16-13/h4,6,8,11,19H,2-3,5,7,9-10H2,1H3. The van der Waals surface area contributed by atoms with Gasteiger partial charge in [0, 0.05) is 19.2 Å². The van der Waals surface area contributed by atoms with Crippen molar-refractivity contribution in [3.8, 4) is 5.75 Å². The zero-order valence-electron chi connectivity index (χ0n) is 11.3. The van der Waals surface area contributed by atoms with Crippen molar-refractivity contribution in [1.82, 2.24) is 19.5 Å². The van der Waals surface area contributed by atoms with E-state index in [0.717, 1.165) is 25.3 Å². The van der Waals surface area contributed by atoms with Crippen LogP contribution in [-0.2, 0) is 6.42 Å². The molecule has 1 fully saturated rings. The van der Waals surface area contributed by atoms with Gasteiger partial charge in [-0.05, 0) is 44.0 Å². The summed E-state index contributed by atoms with van der Waals surface area (Å²) in [6, 6.07) is 3.42. The van der Waals surface area contributed by atoms with Gasteiger partial charge in [0.1, 0.15) is 0 Å². The highest BCUT2D eigenvalue weighted by molar-refractivity contribution is 5.51. The van der Waals surface area contributed by atoms with Crippen LogP contribution < -0.4 is 0 Å². The molecule has 0 amide bonds. The molecule has 0 aliphatic carbocycles. The molecule has 3 heterocycles. The van der Waals surface area contributed by atoms with Crippen LogP contribution in [0, 0.1) is 5.92 Å². The lowest BCUT2D eigenvalue weighted by molar-refractivity contribution is 0.181. The monoisotopic (exact) mass is 260 g/mol. The van der Waals surface area contributed by atoms with Crippen LogP contribution in [0.4, 0.5) is 0 Å². The Balaban J connectivity index is 1.76. The van der Waals surface area contributed by atoms with E-state index >= 15 is 0 Å². The van der Waals surface area contributed by atoms with Crippen LogP contribution >= 0.6 is 0 Å². The van der Waals surface area contributed by atoms with Gasteiger partial charge in [-0.15, -0.1) is 0 Å². The second-order valence-corrected chi connectivity index (χ2v) is 5.30. The van der Waals surface area contributed by atoms with Gasteiger partial charge in [0.25, 0.3) is 0 Å². The van der Waals surface area contributed by atoms with Crippen LogP contribution in [0.3, 0.4) is 0 Å². The minimum Gasteiger partial charge on any atom is -0.504 e. The Morgan fingerprint density at radius 3 is 3.16 bits per heavy atom. The molecule has 0 spiro atoms. The average molecular weight is 260 g/mol. The summed E-state index contributed by atoms with van der Waals surface area (Å²) in [4.78, 5) is 6.93. The number of hydrogen-bond donors (Lipinski definition) is 1.